The van der Waals surface area contributed by atoms with Crippen molar-refractivity contribution in [3.63, 3.8) is 0 Å². The Kier molecular flexibility index (Phi) is 3.08. The average molecular weight is 259 g/mol. The number of nitrogens with zero attached hydrogens (tertiary/aromatic N) is 3. The molecule has 5 nitrogen and oxygen atoms in total. The molecule has 100 valence electrons. The number of fused-ring (bicyclic) bond motifs is 1. The highest BCUT2D eigenvalue weighted by molar-refractivity contribution is 6.21. The van der Waals surface area contributed by atoms with E-state index in [4.69, 9.17) is 0 Å². The predicted molar refractivity (Wildman–Crippen MR) is 70.6 cm³/mol. The Labute approximate surface area is 112 Å². The lowest BCUT2D eigenvalue weighted by atomic mass is 10.1. The minimum Gasteiger partial charge on any atom is -0.273 e. The summed E-state index contributed by atoms with van der Waals surface area (Å²) in [5.41, 5.74) is 1.06. The lowest BCUT2D eigenvalue weighted by Gasteiger charge is -2.25. The quantitative estimate of drug-likeness (QED) is 0.754. The van der Waals surface area contributed by atoms with Gasteiger partial charge in [0.2, 0.25) is 0 Å². The largest absolute Gasteiger partial charge is 0.273 e. The van der Waals surface area contributed by atoms with Crippen molar-refractivity contribution in [2.75, 3.05) is 33.2 Å². The topological polar surface area (TPSA) is 43.9 Å². The van der Waals surface area contributed by atoms with Crippen molar-refractivity contribution in [1.29, 1.82) is 0 Å². The van der Waals surface area contributed by atoms with Gasteiger partial charge in [0.05, 0.1) is 11.1 Å². The Bertz CT molecular complexity index is 494. The molecule has 0 bridgehead atoms. The summed E-state index contributed by atoms with van der Waals surface area (Å²) in [6.07, 6.45) is 1.14. The van der Waals surface area contributed by atoms with Gasteiger partial charge < -0.3 is 0 Å². The second-order valence-corrected chi connectivity index (χ2v) is 5.00. The van der Waals surface area contributed by atoms with Gasteiger partial charge in [-0.05, 0) is 18.6 Å². The number of imide groups is 1. The summed E-state index contributed by atoms with van der Waals surface area (Å²) in [6, 6.07) is 7.03. The highest BCUT2D eigenvalue weighted by Crippen LogP contribution is 2.22. The Morgan fingerprint density at radius 2 is 1.63 bits per heavy atom. The van der Waals surface area contributed by atoms with E-state index in [2.05, 4.69) is 10.0 Å². The van der Waals surface area contributed by atoms with E-state index in [9.17, 15) is 9.59 Å². The zero-order valence-electron chi connectivity index (χ0n) is 11.0. The van der Waals surface area contributed by atoms with Crippen molar-refractivity contribution in [3.05, 3.63) is 35.4 Å². The number of amides is 2. The molecule has 1 fully saturated rings. The SMILES string of the molecule is CN1CCCN1CCN1C(=O)c2ccccc2C1=O. The van der Waals surface area contributed by atoms with Crippen LogP contribution in [0.3, 0.4) is 0 Å². The minimum absolute atomic E-state index is 0.164. The number of carbonyl (C=O) groups excluding carboxylic acids is 2. The first-order valence-corrected chi connectivity index (χ1v) is 6.59. The van der Waals surface area contributed by atoms with Gasteiger partial charge in [-0.15, -0.1) is 0 Å². The Morgan fingerprint density at radius 1 is 1.00 bits per heavy atom. The predicted octanol–water partition coefficient (Wildman–Crippen LogP) is 0.835. The maximum Gasteiger partial charge on any atom is 0.261 e. The molecular formula is C14H17N3O2. The van der Waals surface area contributed by atoms with E-state index in [1.807, 2.05) is 7.05 Å². The van der Waals surface area contributed by atoms with Crippen LogP contribution in [0.2, 0.25) is 0 Å². The molecule has 0 aliphatic carbocycles. The first-order valence-electron chi connectivity index (χ1n) is 6.59. The second-order valence-electron chi connectivity index (χ2n) is 5.00. The molecule has 1 saturated heterocycles. The van der Waals surface area contributed by atoms with Crippen LogP contribution in [0.5, 0.6) is 0 Å². The highest BCUT2D eigenvalue weighted by atomic mass is 16.2. The van der Waals surface area contributed by atoms with Crippen LogP contribution in [0.15, 0.2) is 24.3 Å². The summed E-state index contributed by atoms with van der Waals surface area (Å²) in [6.45, 7) is 3.21. The van der Waals surface area contributed by atoms with E-state index in [0.717, 1.165) is 19.5 Å². The molecule has 0 spiro atoms. The molecule has 19 heavy (non-hydrogen) atoms. The fraction of sp³-hybridized carbons (Fsp3) is 0.429. The third kappa shape index (κ3) is 2.05. The zero-order valence-corrected chi connectivity index (χ0v) is 11.0. The maximum absolute atomic E-state index is 12.2. The number of benzene rings is 1. The van der Waals surface area contributed by atoms with Gasteiger partial charge >= 0.3 is 0 Å². The van der Waals surface area contributed by atoms with Gasteiger partial charge in [-0.3, -0.25) is 14.5 Å². The van der Waals surface area contributed by atoms with Crippen LogP contribution in [0.25, 0.3) is 0 Å². The Morgan fingerprint density at radius 3 is 2.16 bits per heavy atom. The first-order chi connectivity index (χ1) is 9.18. The van der Waals surface area contributed by atoms with Crippen LogP contribution in [0.1, 0.15) is 27.1 Å². The molecule has 0 atom stereocenters. The molecule has 1 aromatic rings. The molecule has 0 N–H and O–H groups in total. The molecular weight excluding hydrogens is 242 g/mol. The van der Waals surface area contributed by atoms with Gasteiger partial charge in [-0.1, -0.05) is 12.1 Å². The van der Waals surface area contributed by atoms with Gasteiger partial charge in [0.15, 0.2) is 0 Å². The van der Waals surface area contributed by atoms with Crippen molar-refractivity contribution in [3.8, 4) is 0 Å². The first kappa shape index (κ1) is 12.3. The van der Waals surface area contributed by atoms with E-state index in [-0.39, 0.29) is 11.8 Å². The highest BCUT2D eigenvalue weighted by Gasteiger charge is 2.35. The number of hydrogen-bond acceptors (Lipinski definition) is 4. The van der Waals surface area contributed by atoms with Crippen LogP contribution in [-0.2, 0) is 0 Å². The van der Waals surface area contributed by atoms with E-state index in [1.165, 1.54) is 4.90 Å². The lowest BCUT2D eigenvalue weighted by molar-refractivity contribution is 0.0393. The smallest absolute Gasteiger partial charge is 0.261 e. The van der Waals surface area contributed by atoms with E-state index < -0.39 is 0 Å². The monoisotopic (exact) mass is 259 g/mol. The van der Waals surface area contributed by atoms with Gasteiger partial charge in [-0.2, -0.15) is 0 Å². The molecule has 1 aromatic carbocycles. The van der Waals surface area contributed by atoms with Crippen LogP contribution < -0.4 is 0 Å². The third-order valence-corrected chi connectivity index (χ3v) is 3.84. The molecule has 2 heterocycles. The van der Waals surface area contributed by atoms with Crippen molar-refractivity contribution < 1.29 is 9.59 Å². The molecule has 0 aromatic heterocycles. The normalized spacial score (nSPS) is 20.4. The summed E-state index contributed by atoms with van der Waals surface area (Å²) in [4.78, 5) is 25.7. The molecule has 5 heteroatoms. The standard InChI is InChI=1S/C14H17N3O2/c1-15-7-4-8-16(15)9-10-17-13(18)11-5-2-3-6-12(11)14(17)19/h2-3,5-6H,4,7-10H2,1H3. The molecule has 2 aliphatic rings. The maximum atomic E-state index is 12.2. The van der Waals surface area contributed by atoms with E-state index in [1.54, 1.807) is 24.3 Å². The summed E-state index contributed by atoms with van der Waals surface area (Å²) in [5, 5.41) is 4.34. The summed E-state index contributed by atoms with van der Waals surface area (Å²) in [7, 11) is 2.04. The molecule has 0 unspecified atom stereocenters. The minimum atomic E-state index is -0.164. The van der Waals surface area contributed by atoms with Crippen molar-refractivity contribution in [2.45, 2.75) is 6.42 Å². The second kappa shape index (κ2) is 4.75. The van der Waals surface area contributed by atoms with E-state index in [0.29, 0.717) is 24.2 Å². The average Bonchev–Trinajstić information content (AvgIpc) is 2.93. The van der Waals surface area contributed by atoms with E-state index >= 15 is 0 Å². The summed E-state index contributed by atoms with van der Waals surface area (Å²) >= 11 is 0. The molecule has 2 amide bonds. The fourth-order valence-electron chi connectivity index (χ4n) is 2.73. The molecule has 3 rings (SSSR count). The van der Waals surface area contributed by atoms with Crippen LogP contribution in [-0.4, -0.2) is 60.0 Å². The van der Waals surface area contributed by atoms with Gasteiger partial charge in [-0.25, -0.2) is 10.0 Å². The van der Waals surface area contributed by atoms with Crippen molar-refractivity contribution in [2.24, 2.45) is 0 Å². The van der Waals surface area contributed by atoms with Gasteiger partial charge in [0, 0.05) is 33.2 Å². The lowest BCUT2D eigenvalue weighted by Crippen LogP contribution is -2.41. The van der Waals surface area contributed by atoms with Crippen LogP contribution >= 0.6 is 0 Å². The fourth-order valence-corrected chi connectivity index (χ4v) is 2.73. The number of hydrogen-bond donors (Lipinski definition) is 0. The Balaban J connectivity index is 1.70. The summed E-state index contributed by atoms with van der Waals surface area (Å²) < 4.78 is 0. The number of carbonyl (C=O) groups is 2. The van der Waals surface area contributed by atoms with Gasteiger partial charge in [0.1, 0.15) is 0 Å². The molecule has 0 radical (unpaired) electrons. The summed E-state index contributed by atoms with van der Waals surface area (Å²) in [5.74, 6) is -0.329. The number of rotatable bonds is 3. The van der Waals surface area contributed by atoms with Crippen LogP contribution in [0.4, 0.5) is 0 Å². The van der Waals surface area contributed by atoms with Crippen molar-refractivity contribution >= 4 is 11.8 Å². The van der Waals surface area contributed by atoms with Crippen LogP contribution in [0, 0.1) is 0 Å². The third-order valence-electron chi connectivity index (χ3n) is 3.84. The molecule has 2 aliphatic heterocycles. The zero-order chi connectivity index (χ0) is 13.4. The van der Waals surface area contributed by atoms with Crippen molar-refractivity contribution in [1.82, 2.24) is 14.9 Å². The Hall–Kier alpha value is -1.72. The van der Waals surface area contributed by atoms with Gasteiger partial charge in [0.25, 0.3) is 11.8 Å². The number of hydrazine groups is 1. The molecule has 0 saturated carbocycles.